The van der Waals surface area contributed by atoms with Crippen molar-refractivity contribution in [2.24, 2.45) is 5.92 Å². The van der Waals surface area contributed by atoms with Crippen molar-refractivity contribution in [3.05, 3.63) is 35.9 Å². The number of benzene rings is 1. The molecule has 0 radical (unpaired) electrons. The number of carbonyl (C=O) groups is 1. The average Bonchev–Trinajstić information content (AvgIpc) is 2.92. The van der Waals surface area contributed by atoms with Crippen LogP contribution in [0, 0.1) is 5.92 Å². The van der Waals surface area contributed by atoms with Crippen molar-refractivity contribution < 1.29 is 9.53 Å². The summed E-state index contributed by atoms with van der Waals surface area (Å²) in [5.41, 5.74) is 0.899. The topological polar surface area (TPSA) is 41.6 Å². The third-order valence-electron chi connectivity index (χ3n) is 3.84. The number of hydrogen-bond donors (Lipinski definition) is 1. The van der Waals surface area contributed by atoms with E-state index in [1.54, 1.807) is 0 Å². The highest BCUT2D eigenvalue weighted by molar-refractivity contribution is 5.68. The standard InChI is InChI=1S/C18H28N2O2/c1-18(2,3)22-17(21)20-12-10-16(14-20)9-11-19-13-15-7-5-4-6-8-15/h4-8,16,19H,9-14H2,1-3H3. The van der Waals surface area contributed by atoms with Crippen molar-refractivity contribution in [1.82, 2.24) is 10.2 Å². The molecule has 1 fully saturated rings. The Morgan fingerprint density at radius 2 is 2.05 bits per heavy atom. The van der Waals surface area contributed by atoms with E-state index in [1.165, 1.54) is 5.56 Å². The van der Waals surface area contributed by atoms with Crippen LogP contribution in [-0.4, -0.2) is 36.2 Å². The Morgan fingerprint density at radius 1 is 1.32 bits per heavy atom. The third-order valence-corrected chi connectivity index (χ3v) is 3.84. The Labute approximate surface area is 133 Å². The lowest BCUT2D eigenvalue weighted by molar-refractivity contribution is 0.0287. The Balaban J connectivity index is 1.63. The molecule has 4 nitrogen and oxygen atoms in total. The molecule has 1 aliphatic rings. The molecule has 4 heteroatoms. The molecule has 1 heterocycles. The highest BCUT2D eigenvalue weighted by Gasteiger charge is 2.29. The van der Waals surface area contributed by atoms with Gasteiger partial charge in [-0.2, -0.15) is 0 Å². The van der Waals surface area contributed by atoms with Gasteiger partial charge in [0.05, 0.1) is 0 Å². The van der Waals surface area contributed by atoms with Gasteiger partial charge in [0, 0.05) is 19.6 Å². The minimum Gasteiger partial charge on any atom is -0.444 e. The number of hydrogen-bond acceptors (Lipinski definition) is 3. The van der Waals surface area contributed by atoms with Gasteiger partial charge >= 0.3 is 6.09 Å². The summed E-state index contributed by atoms with van der Waals surface area (Å²) in [6.07, 6.45) is 2.01. The van der Waals surface area contributed by atoms with Crippen molar-refractivity contribution in [1.29, 1.82) is 0 Å². The average molecular weight is 304 g/mol. The molecule has 0 spiro atoms. The minimum absolute atomic E-state index is 0.174. The molecule has 1 unspecified atom stereocenters. The fourth-order valence-corrected chi connectivity index (χ4v) is 2.70. The lowest BCUT2D eigenvalue weighted by Gasteiger charge is -2.24. The SMILES string of the molecule is CC(C)(C)OC(=O)N1CCC(CCNCc2ccccc2)C1. The summed E-state index contributed by atoms with van der Waals surface area (Å²) < 4.78 is 5.42. The fraction of sp³-hybridized carbons (Fsp3) is 0.611. The molecule has 1 aliphatic heterocycles. The van der Waals surface area contributed by atoms with Crippen LogP contribution in [0.2, 0.25) is 0 Å². The quantitative estimate of drug-likeness (QED) is 0.847. The van der Waals surface area contributed by atoms with Crippen LogP contribution in [0.25, 0.3) is 0 Å². The molecule has 0 bridgehead atoms. The van der Waals surface area contributed by atoms with Crippen LogP contribution in [0.3, 0.4) is 0 Å². The predicted octanol–water partition coefficient (Wildman–Crippen LogP) is 3.42. The predicted molar refractivity (Wildman–Crippen MR) is 88.7 cm³/mol. The minimum atomic E-state index is -0.410. The van der Waals surface area contributed by atoms with Crippen LogP contribution >= 0.6 is 0 Å². The summed E-state index contributed by atoms with van der Waals surface area (Å²) in [5.74, 6) is 0.579. The molecule has 1 N–H and O–H groups in total. The lowest BCUT2D eigenvalue weighted by atomic mass is 10.1. The third kappa shape index (κ3) is 5.68. The monoisotopic (exact) mass is 304 g/mol. The number of amides is 1. The molecule has 22 heavy (non-hydrogen) atoms. The van der Waals surface area contributed by atoms with Crippen LogP contribution in [0.1, 0.15) is 39.2 Å². The summed E-state index contributed by atoms with van der Waals surface area (Å²) in [6.45, 7) is 9.26. The lowest BCUT2D eigenvalue weighted by Crippen LogP contribution is -2.35. The van der Waals surface area contributed by atoms with Crippen LogP contribution in [-0.2, 0) is 11.3 Å². The van der Waals surface area contributed by atoms with E-state index < -0.39 is 5.60 Å². The zero-order chi connectivity index (χ0) is 16.0. The molecular formula is C18H28N2O2. The van der Waals surface area contributed by atoms with E-state index in [4.69, 9.17) is 4.74 Å². The van der Waals surface area contributed by atoms with E-state index >= 15 is 0 Å². The molecule has 0 aromatic heterocycles. The first-order chi connectivity index (χ1) is 10.4. The Kier molecular flexibility index (Phi) is 5.83. The molecule has 2 rings (SSSR count). The molecule has 1 atom stereocenters. The van der Waals surface area contributed by atoms with Crippen molar-refractivity contribution in [2.45, 2.75) is 45.8 Å². The van der Waals surface area contributed by atoms with Gasteiger partial charge in [-0.05, 0) is 51.6 Å². The van der Waals surface area contributed by atoms with E-state index in [0.29, 0.717) is 5.92 Å². The second-order valence-corrected chi connectivity index (χ2v) is 7.03. The first-order valence-corrected chi connectivity index (χ1v) is 8.16. The normalized spacial score (nSPS) is 18.5. The van der Waals surface area contributed by atoms with Crippen LogP contribution < -0.4 is 5.32 Å². The van der Waals surface area contributed by atoms with Crippen molar-refractivity contribution in [2.75, 3.05) is 19.6 Å². The Morgan fingerprint density at radius 3 is 2.73 bits per heavy atom. The summed E-state index contributed by atoms with van der Waals surface area (Å²) in [5, 5.41) is 3.48. The fourth-order valence-electron chi connectivity index (χ4n) is 2.70. The first kappa shape index (κ1) is 16.8. The van der Waals surface area contributed by atoms with Crippen molar-refractivity contribution >= 4 is 6.09 Å². The van der Waals surface area contributed by atoms with Crippen LogP contribution in [0.4, 0.5) is 4.79 Å². The molecule has 0 aliphatic carbocycles. The molecular weight excluding hydrogens is 276 g/mol. The number of nitrogens with one attached hydrogen (secondary N) is 1. The van der Waals surface area contributed by atoms with Crippen LogP contribution in [0.5, 0.6) is 0 Å². The zero-order valence-corrected chi connectivity index (χ0v) is 14.0. The number of nitrogens with zero attached hydrogens (tertiary/aromatic N) is 1. The maximum atomic E-state index is 12.0. The van der Waals surface area contributed by atoms with E-state index in [-0.39, 0.29) is 6.09 Å². The molecule has 0 saturated carbocycles. The molecule has 1 amide bonds. The Bertz CT molecular complexity index is 468. The van der Waals surface area contributed by atoms with Crippen molar-refractivity contribution in [3.63, 3.8) is 0 Å². The summed E-state index contributed by atoms with van der Waals surface area (Å²) in [7, 11) is 0. The van der Waals surface area contributed by atoms with E-state index in [2.05, 4.69) is 29.6 Å². The second-order valence-electron chi connectivity index (χ2n) is 7.03. The maximum Gasteiger partial charge on any atom is 0.410 e. The van der Waals surface area contributed by atoms with E-state index in [9.17, 15) is 4.79 Å². The van der Waals surface area contributed by atoms with Gasteiger partial charge in [0.15, 0.2) is 0 Å². The second kappa shape index (κ2) is 7.63. The smallest absolute Gasteiger partial charge is 0.410 e. The maximum absolute atomic E-state index is 12.0. The van der Waals surface area contributed by atoms with Gasteiger partial charge in [0.1, 0.15) is 5.60 Å². The van der Waals surface area contributed by atoms with Gasteiger partial charge in [0.2, 0.25) is 0 Å². The molecule has 1 aromatic carbocycles. The Hall–Kier alpha value is -1.55. The largest absolute Gasteiger partial charge is 0.444 e. The highest BCUT2D eigenvalue weighted by Crippen LogP contribution is 2.21. The van der Waals surface area contributed by atoms with Gasteiger partial charge in [-0.15, -0.1) is 0 Å². The van der Waals surface area contributed by atoms with E-state index in [1.807, 2.05) is 31.7 Å². The number of carbonyl (C=O) groups excluding carboxylic acids is 1. The number of ether oxygens (including phenoxy) is 1. The molecule has 1 aromatic rings. The van der Waals surface area contributed by atoms with Gasteiger partial charge in [0.25, 0.3) is 0 Å². The van der Waals surface area contributed by atoms with E-state index in [0.717, 1.165) is 39.0 Å². The first-order valence-electron chi connectivity index (χ1n) is 8.16. The summed E-state index contributed by atoms with van der Waals surface area (Å²) in [4.78, 5) is 13.8. The number of likely N-dealkylation sites (tertiary alicyclic amines) is 1. The zero-order valence-electron chi connectivity index (χ0n) is 14.0. The van der Waals surface area contributed by atoms with Crippen molar-refractivity contribution in [3.8, 4) is 0 Å². The summed E-state index contributed by atoms with van der Waals surface area (Å²) in [6, 6.07) is 10.4. The molecule has 1 saturated heterocycles. The molecule has 122 valence electrons. The van der Waals surface area contributed by atoms with Gasteiger partial charge in [-0.25, -0.2) is 4.79 Å². The summed E-state index contributed by atoms with van der Waals surface area (Å²) >= 11 is 0. The number of rotatable bonds is 5. The highest BCUT2D eigenvalue weighted by atomic mass is 16.6. The van der Waals surface area contributed by atoms with Gasteiger partial charge < -0.3 is 15.0 Å². The van der Waals surface area contributed by atoms with Crippen LogP contribution in [0.15, 0.2) is 30.3 Å². The van der Waals surface area contributed by atoms with Gasteiger partial charge in [-0.3, -0.25) is 0 Å². The van der Waals surface area contributed by atoms with Gasteiger partial charge in [-0.1, -0.05) is 30.3 Å².